The van der Waals surface area contributed by atoms with Gasteiger partial charge in [0.05, 0.1) is 7.11 Å². The molecule has 1 unspecified atom stereocenters. The molecule has 2 N–H and O–H groups in total. The zero-order chi connectivity index (χ0) is 18.3. The number of likely N-dealkylation sites (N-methyl/N-ethyl adjacent to an activating group) is 1. The molecule has 0 aliphatic heterocycles. The Morgan fingerprint density at radius 3 is 2.04 bits per heavy atom. The van der Waals surface area contributed by atoms with Crippen LogP contribution in [0.1, 0.15) is 32.1 Å². The van der Waals surface area contributed by atoms with E-state index in [1.165, 1.54) is 7.11 Å². The second-order valence-corrected chi connectivity index (χ2v) is 5.20. The van der Waals surface area contributed by atoms with Crippen molar-refractivity contribution in [2.45, 2.75) is 50.2 Å². The maximum Gasteiger partial charge on any atom is 0.490 e. The summed E-state index contributed by atoms with van der Waals surface area (Å²) in [6.07, 6.45) is -3.64. The molecule has 136 valence electrons. The van der Waals surface area contributed by atoms with E-state index in [4.69, 9.17) is 9.90 Å². The van der Waals surface area contributed by atoms with Gasteiger partial charge in [-0.15, -0.1) is 0 Å². The molecule has 0 radical (unpaired) electrons. The van der Waals surface area contributed by atoms with Crippen LogP contribution in [0, 0.1) is 5.92 Å². The van der Waals surface area contributed by atoms with Crippen molar-refractivity contribution in [3.63, 3.8) is 0 Å². The van der Waals surface area contributed by atoms with Crippen molar-refractivity contribution in [2.24, 2.45) is 5.92 Å². The fourth-order valence-electron chi connectivity index (χ4n) is 2.14. The number of carboxylic acids is 1. The lowest BCUT2D eigenvalue weighted by Gasteiger charge is -2.29. The molecule has 5 nitrogen and oxygen atoms in total. The lowest BCUT2D eigenvalue weighted by molar-refractivity contribution is -0.192. The predicted molar refractivity (Wildman–Crippen MR) is 70.1 cm³/mol. The van der Waals surface area contributed by atoms with Gasteiger partial charge in [0.25, 0.3) is 0 Å². The summed E-state index contributed by atoms with van der Waals surface area (Å²) in [6.45, 7) is 0. The van der Waals surface area contributed by atoms with E-state index in [2.05, 4.69) is 10.1 Å². The van der Waals surface area contributed by atoms with Crippen LogP contribution in [0.25, 0.3) is 0 Å². The predicted octanol–water partition coefficient (Wildman–Crippen LogP) is 2.60. The van der Waals surface area contributed by atoms with Crippen LogP contribution in [0.5, 0.6) is 0 Å². The second kappa shape index (κ2) is 8.99. The highest BCUT2D eigenvalue weighted by atomic mass is 19.4. The third kappa shape index (κ3) is 8.68. The minimum atomic E-state index is -5.08. The molecule has 0 spiro atoms. The summed E-state index contributed by atoms with van der Waals surface area (Å²) in [7, 11) is 3.01. The van der Waals surface area contributed by atoms with Gasteiger partial charge < -0.3 is 15.2 Å². The number of alkyl halides is 5. The third-order valence-corrected chi connectivity index (χ3v) is 3.48. The third-order valence-electron chi connectivity index (χ3n) is 3.48. The molecule has 0 aromatic heterocycles. The largest absolute Gasteiger partial charge is 0.490 e. The number of hydrogen-bond acceptors (Lipinski definition) is 4. The highest BCUT2D eigenvalue weighted by Crippen LogP contribution is 2.37. The van der Waals surface area contributed by atoms with Gasteiger partial charge in [-0.05, 0) is 32.2 Å². The van der Waals surface area contributed by atoms with E-state index in [1.54, 1.807) is 7.05 Å². The van der Waals surface area contributed by atoms with E-state index in [-0.39, 0.29) is 30.8 Å². The molecular weight excluding hydrogens is 329 g/mol. The maximum atomic E-state index is 12.9. The molecule has 1 atom stereocenters. The van der Waals surface area contributed by atoms with Crippen molar-refractivity contribution in [2.75, 3.05) is 14.2 Å². The molecule has 1 saturated carbocycles. The van der Waals surface area contributed by atoms with Crippen LogP contribution in [0.3, 0.4) is 0 Å². The summed E-state index contributed by atoms with van der Waals surface area (Å²) in [6, 6.07) is -0.373. The molecule has 0 aromatic carbocycles. The highest BCUT2D eigenvalue weighted by molar-refractivity contribution is 5.75. The van der Waals surface area contributed by atoms with E-state index in [1.807, 2.05) is 0 Å². The van der Waals surface area contributed by atoms with E-state index in [9.17, 15) is 26.7 Å². The Kier molecular flexibility index (Phi) is 8.43. The van der Waals surface area contributed by atoms with Gasteiger partial charge in [-0.1, -0.05) is 0 Å². The fraction of sp³-hybridized carbons (Fsp3) is 0.846. The number of aliphatic carboxylic acids is 1. The number of carbonyl (C=O) groups excluding carboxylic acids is 1. The van der Waals surface area contributed by atoms with Gasteiger partial charge in [0.1, 0.15) is 6.04 Å². The van der Waals surface area contributed by atoms with Crippen molar-refractivity contribution < 1.29 is 41.4 Å². The van der Waals surface area contributed by atoms with Crippen LogP contribution in [0.15, 0.2) is 0 Å². The zero-order valence-corrected chi connectivity index (χ0v) is 12.8. The average molecular weight is 349 g/mol. The molecule has 1 aliphatic carbocycles. The monoisotopic (exact) mass is 349 g/mol. The smallest absolute Gasteiger partial charge is 0.475 e. The molecule has 0 aromatic rings. The summed E-state index contributed by atoms with van der Waals surface area (Å²) in [5, 5.41) is 9.98. The molecule has 1 aliphatic rings. The van der Waals surface area contributed by atoms with Crippen LogP contribution in [0.4, 0.5) is 22.0 Å². The first-order valence-electron chi connectivity index (χ1n) is 6.86. The normalized spacial score (nSPS) is 19.3. The number of nitrogens with one attached hydrogen (secondary N) is 1. The Morgan fingerprint density at radius 2 is 1.74 bits per heavy atom. The zero-order valence-electron chi connectivity index (χ0n) is 12.8. The van der Waals surface area contributed by atoms with Crippen molar-refractivity contribution in [1.82, 2.24) is 5.32 Å². The first-order valence-corrected chi connectivity index (χ1v) is 6.86. The summed E-state index contributed by atoms with van der Waals surface area (Å²) >= 11 is 0. The molecule has 23 heavy (non-hydrogen) atoms. The SMILES string of the molecule is CNC(CC1CCC(F)(F)CC1)C(=O)OC.O=C(O)C(F)(F)F. The molecule has 10 heteroatoms. The van der Waals surface area contributed by atoms with Crippen molar-refractivity contribution in [3.05, 3.63) is 0 Å². The summed E-state index contributed by atoms with van der Waals surface area (Å²) in [5.41, 5.74) is 0. The number of halogens is 5. The Balaban J connectivity index is 0.000000585. The summed E-state index contributed by atoms with van der Waals surface area (Å²) in [4.78, 5) is 20.2. The highest BCUT2D eigenvalue weighted by Gasteiger charge is 2.38. The van der Waals surface area contributed by atoms with Crippen LogP contribution in [-0.2, 0) is 14.3 Å². The van der Waals surface area contributed by atoms with E-state index in [0.29, 0.717) is 19.3 Å². The van der Waals surface area contributed by atoms with Crippen LogP contribution >= 0.6 is 0 Å². The van der Waals surface area contributed by atoms with Crippen molar-refractivity contribution in [3.8, 4) is 0 Å². The lowest BCUT2D eigenvalue weighted by atomic mass is 9.83. The van der Waals surface area contributed by atoms with Crippen molar-refractivity contribution >= 4 is 11.9 Å². The number of carbonyl (C=O) groups is 2. The van der Waals surface area contributed by atoms with Gasteiger partial charge in [-0.25, -0.2) is 13.6 Å². The first kappa shape index (κ1) is 21.6. The van der Waals surface area contributed by atoms with E-state index < -0.39 is 18.1 Å². The number of ether oxygens (including phenoxy) is 1. The number of hydrogen-bond donors (Lipinski definition) is 2. The van der Waals surface area contributed by atoms with E-state index in [0.717, 1.165) is 0 Å². The van der Waals surface area contributed by atoms with Gasteiger partial charge in [0.2, 0.25) is 5.92 Å². The number of esters is 1. The minimum absolute atomic E-state index is 0.0602. The summed E-state index contributed by atoms with van der Waals surface area (Å²) in [5.74, 6) is -5.39. The Morgan fingerprint density at radius 1 is 1.30 bits per heavy atom. The van der Waals surface area contributed by atoms with Gasteiger partial charge in [-0.2, -0.15) is 13.2 Å². The van der Waals surface area contributed by atoms with Crippen molar-refractivity contribution in [1.29, 1.82) is 0 Å². The topological polar surface area (TPSA) is 75.6 Å². The number of carboxylic acid groups (broad SMARTS) is 1. The van der Waals surface area contributed by atoms with Crippen LogP contribution in [0.2, 0.25) is 0 Å². The van der Waals surface area contributed by atoms with Crippen LogP contribution in [-0.4, -0.2) is 49.3 Å². The van der Waals surface area contributed by atoms with Gasteiger partial charge in [0.15, 0.2) is 0 Å². The van der Waals surface area contributed by atoms with Crippen LogP contribution < -0.4 is 5.32 Å². The molecular formula is C13H20F5NO4. The minimum Gasteiger partial charge on any atom is -0.475 e. The Labute approximate surface area is 130 Å². The Hall–Kier alpha value is -1.45. The first-order chi connectivity index (χ1) is 10.4. The maximum absolute atomic E-state index is 12.9. The molecule has 1 fully saturated rings. The molecule has 0 bridgehead atoms. The number of methoxy groups -OCH3 is 1. The van der Waals surface area contributed by atoms with Gasteiger partial charge in [0, 0.05) is 12.8 Å². The fourth-order valence-corrected chi connectivity index (χ4v) is 2.14. The summed E-state index contributed by atoms with van der Waals surface area (Å²) < 4.78 is 62.2. The van der Waals surface area contributed by atoms with Gasteiger partial charge in [-0.3, -0.25) is 4.79 Å². The molecule has 0 saturated heterocycles. The quantitative estimate of drug-likeness (QED) is 0.603. The Bertz CT molecular complexity index is 390. The molecule has 0 heterocycles. The van der Waals surface area contributed by atoms with Gasteiger partial charge >= 0.3 is 18.1 Å². The van der Waals surface area contributed by atoms with E-state index >= 15 is 0 Å². The average Bonchev–Trinajstić information content (AvgIpc) is 2.45. The lowest BCUT2D eigenvalue weighted by Crippen LogP contribution is -2.38. The molecule has 1 rings (SSSR count). The number of rotatable bonds is 4. The standard InChI is InChI=1S/C11H19F2NO2.C2HF3O2/c1-14-9(10(15)16-2)7-8-3-5-11(12,13)6-4-8;3-2(4,5)1(6)7/h8-9,14H,3-7H2,1-2H3;(H,6,7). The molecule has 0 amide bonds. The second-order valence-electron chi connectivity index (χ2n) is 5.20.